The monoisotopic (exact) mass is 471 g/mol. The van der Waals surface area contributed by atoms with Crippen LogP contribution in [-0.2, 0) is 24.0 Å². The number of aliphatic carboxylic acids is 1. The van der Waals surface area contributed by atoms with Gasteiger partial charge in [-0.2, -0.15) is 0 Å². The third-order valence-corrected chi connectivity index (χ3v) is 5.55. The molecule has 0 aliphatic carbocycles. The fraction of sp³-hybridized carbons (Fsp3) is 0.773. The topological polar surface area (TPSA) is 180 Å². The van der Waals surface area contributed by atoms with Gasteiger partial charge in [-0.05, 0) is 24.2 Å². The Morgan fingerprint density at radius 3 is 1.70 bits per heavy atom. The average Bonchev–Trinajstić information content (AvgIpc) is 2.76. The summed E-state index contributed by atoms with van der Waals surface area (Å²) in [6.07, 6.45) is 1.43. The highest BCUT2D eigenvalue weighted by molar-refractivity contribution is 5.93. The van der Waals surface area contributed by atoms with E-state index in [0.29, 0.717) is 12.8 Å². The van der Waals surface area contributed by atoms with Crippen molar-refractivity contribution in [1.82, 2.24) is 21.3 Å². The van der Waals surface area contributed by atoms with Gasteiger partial charge in [-0.3, -0.25) is 19.2 Å². The summed E-state index contributed by atoms with van der Waals surface area (Å²) in [5, 5.41) is 19.5. The van der Waals surface area contributed by atoms with Crippen LogP contribution in [0.4, 0.5) is 0 Å². The van der Waals surface area contributed by atoms with E-state index in [0.717, 1.165) is 0 Å². The van der Waals surface area contributed by atoms with Crippen LogP contribution in [0.3, 0.4) is 0 Å². The second-order valence-electron chi connectivity index (χ2n) is 8.81. The number of amides is 4. The quantitative estimate of drug-likeness (QED) is 0.190. The first-order chi connectivity index (χ1) is 15.4. The minimum absolute atomic E-state index is 0.0523. The first-order valence-electron chi connectivity index (χ1n) is 11.5. The molecule has 0 aromatic heterocycles. The molecule has 0 fully saturated rings. The maximum atomic E-state index is 12.8. The highest BCUT2D eigenvalue weighted by Crippen LogP contribution is 2.11. The van der Waals surface area contributed by atoms with Crippen molar-refractivity contribution < 1.29 is 29.1 Å². The smallest absolute Gasteiger partial charge is 0.326 e. The molecule has 0 aliphatic heterocycles. The van der Waals surface area contributed by atoms with Gasteiger partial charge in [-0.15, -0.1) is 0 Å². The van der Waals surface area contributed by atoms with Gasteiger partial charge < -0.3 is 32.1 Å². The molecule has 190 valence electrons. The molecule has 0 bridgehead atoms. The molecule has 0 unspecified atom stereocenters. The zero-order valence-corrected chi connectivity index (χ0v) is 20.6. The van der Waals surface area contributed by atoms with Crippen molar-refractivity contribution in [2.75, 3.05) is 13.1 Å². The predicted octanol–water partition coefficient (Wildman–Crippen LogP) is -0.261. The second-order valence-corrected chi connectivity index (χ2v) is 8.81. The van der Waals surface area contributed by atoms with Crippen LogP contribution in [0.5, 0.6) is 0 Å². The Morgan fingerprint density at radius 2 is 1.27 bits per heavy atom. The molecule has 0 saturated heterocycles. The summed E-state index contributed by atoms with van der Waals surface area (Å²) in [7, 11) is 0. The van der Waals surface area contributed by atoms with Crippen molar-refractivity contribution in [2.45, 2.75) is 78.9 Å². The number of carbonyl (C=O) groups excluding carboxylic acids is 4. The van der Waals surface area contributed by atoms with E-state index >= 15 is 0 Å². The Hall–Kier alpha value is -2.69. The maximum absolute atomic E-state index is 12.8. The average molecular weight is 472 g/mol. The fourth-order valence-corrected chi connectivity index (χ4v) is 3.09. The van der Waals surface area contributed by atoms with Crippen LogP contribution in [-0.4, -0.2) is 65.9 Å². The third-order valence-electron chi connectivity index (χ3n) is 5.55. The molecule has 0 rings (SSSR count). The Morgan fingerprint density at radius 1 is 0.788 bits per heavy atom. The summed E-state index contributed by atoms with van der Waals surface area (Å²) in [6.45, 7) is 10.3. The molecular weight excluding hydrogens is 430 g/mol. The molecule has 4 amide bonds. The van der Waals surface area contributed by atoms with Crippen molar-refractivity contribution in [3.8, 4) is 0 Å². The lowest BCUT2D eigenvalue weighted by molar-refractivity contribution is -0.143. The minimum Gasteiger partial charge on any atom is -0.480 e. The van der Waals surface area contributed by atoms with Crippen molar-refractivity contribution in [3.63, 3.8) is 0 Å². The molecule has 0 heterocycles. The zero-order chi connectivity index (χ0) is 25.7. The molecule has 5 atom stereocenters. The lowest BCUT2D eigenvalue weighted by Crippen LogP contribution is -2.57. The lowest BCUT2D eigenvalue weighted by atomic mass is 9.97. The molecule has 11 nitrogen and oxygen atoms in total. The number of carboxylic acids is 1. The van der Waals surface area contributed by atoms with E-state index in [9.17, 15) is 29.1 Å². The Labute approximate surface area is 196 Å². The van der Waals surface area contributed by atoms with Crippen LogP contribution in [0.25, 0.3) is 0 Å². The first kappa shape index (κ1) is 30.3. The highest BCUT2D eigenvalue weighted by Gasteiger charge is 2.31. The van der Waals surface area contributed by atoms with Crippen LogP contribution in [0.15, 0.2) is 0 Å². The molecule has 0 aromatic rings. The molecule has 33 heavy (non-hydrogen) atoms. The maximum Gasteiger partial charge on any atom is 0.326 e. The summed E-state index contributed by atoms with van der Waals surface area (Å²) in [5.41, 5.74) is 5.31. The van der Waals surface area contributed by atoms with E-state index < -0.39 is 54.3 Å². The molecule has 11 heteroatoms. The van der Waals surface area contributed by atoms with Crippen LogP contribution in [0.1, 0.15) is 60.8 Å². The van der Waals surface area contributed by atoms with Crippen LogP contribution >= 0.6 is 0 Å². The molecular formula is C22H41N5O6. The highest BCUT2D eigenvalue weighted by atomic mass is 16.4. The van der Waals surface area contributed by atoms with Gasteiger partial charge in [0.15, 0.2) is 0 Å². The molecule has 7 N–H and O–H groups in total. The number of hydrogen-bond acceptors (Lipinski definition) is 6. The molecule has 0 radical (unpaired) electrons. The zero-order valence-electron chi connectivity index (χ0n) is 20.6. The number of carboxylic acid groups (broad SMARTS) is 1. The van der Waals surface area contributed by atoms with Gasteiger partial charge in [-0.1, -0.05) is 54.4 Å². The lowest BCUT2D eigenvalue weighted by Gasteiger charge is -2.26. The van der Waals surface area contributed by atoms with E-state index in [4.69, 9.17) is 5.73 Å². The van der Waals surface area contributed by atoms with Gasteiger partial charge in [-0.25, -0.2) is 4.79 Å². The largest absolute Gasteiger partial charge is 0.480 e. The normalized spacial score (nSPS) is 15.5. The first-order valence-corrected chi connectivity index (χ1v) is 11.5. The van der Waals surface area contributed by atoms with Crippen LogP contribution in [0.2, 0.25) is 0 Å². The van der Waals surface area contributed by atoms with E-state index in [1.54, 1.807) is 13.8 Å². The summed E-state index contributed by atoms with van der Waals surface area (Å²) in [6, 6.07) is -2.88. The standard InChI is InChI=1S/C22H41N5O6/c1-7-13(5)18(26-16(28)10-23)20(30)24-11-17(29)27-19(14(6)8-2)21(31)25-15(22(32)33)9-12(3)4/h12-15,18-19H,7-11,23H2,1-6H3,(H,24,30)(H,25,31)(H,26,28)(H,27,29)(H,32,33)/t13-,14-,15-,18-,19-/m0/s1. The van der Waals surface area contributed by atoms with Gasteiger partial charge in [0, 0.05) is 0 Å². The molecule has 0 saturated carbocycles. The Bertz CT molecular complexity index is 684. The molecule has 0 aromatic carbocycles. The third kappa shape index (κ3) is 11.1. The van der Waals surface area contributed by atoms with E-state index in [-0.39, 0.29) is 30.7 Å². The Balaban J connectivity index is 5.18. The van der Waals surface area contributed by atoms with Gasteiger partial charge in [0.05, 0.1) is 13.1 Å². The Kier molecular flexibility index (Phi) is 14.0. The van der Waals surface area contributed by atoms with Gasteiger partial charge >= 0.3 is 5.97 Å². The fourth-order valence-electron chi connectivity index (χ4n) is 3.09. The predicted molar refractivity (Wildman–Crippen MR) is 124 cm³/mol. The van der Waals surface area contributed by atoms with E-state index in [1.807, 2.05) is 27.7 Å². The van der Waals surface area contributed by atoms with Crippen molar-refractivity contribution in [3.05, 3.63) is 0 Å². The van der Waals surface area contributed by atoms with Crippen molar-refractivity contribution in [2.24, 2.45) is 23.5 Å². The van der Waals surface area contributed by atoms with Crippen molar-refractivity contribution >= 4 is 29.6 Å². The summed E-state index contributed by atoms with van der Waals surface area (Å²) in [5.74, 6) is -3.76. The van der Waals surface area contributed by atoms with Crippen LogP contribution < -0.4 is 27.0 Å². The van der Waals surface area contributed by atoms with Gasteiger partial charge in [0.25, 0.3) is 0 Å². The second kappa shape index (κ2) is 15.2. The number of rotatable bonds is 15. The van der Waals surface area contributed by atoms with Gasteiger partial charge in [0.2, 0.25) is 23.6 Å². The van der Waals surface area contributed by atoms with Crippen LogP contribution in [0, 0.1) is 17.8 Å². The summed E-state index contributed by atoms with van der Waals surface area (Å²) < 4.78 is 0. The SMILES string of the molecule is CC[C@H](C)[C@H](NC(=O)CN)C(=O)NCC(=O)N[C@H](C(=O)N[C@@H](CC(C)C)C(=O)O)[C@@H](C)CC. The number of carbonyl (C=O) groups is 5. The number of nitrogens with one attached hydrogen (secondary N) is 4. The molecule has 0 aliphatic rings. The van der Waals surface area contributed by atoms with E-state index in [2.05, 4.69) is 21.3 Å². The summed E-state index contributed by atoms with van der Waals surface area (Å²) in [4.78, 5) is 60.9. The van der Waals surface area contributed by atoms with Gasteiger partial charge in [0.1, 0.15) is 18.1 Å². The molecule has 0 spiro atoms. The number of nitrogens with two attached hydrogens (primary N) is 1. The minimum atomic E-state index is -1.14. The van der Waals surface area contributed by atoms with Crippen molar-refractivity contribution in [1.29, 1.82) is 0 Å². The number of hydrogen-bond donors (Lipinski definition) is 6. The summed E-state index contributed by atoms with van der Waals surface area (Å²) >= 11 is 0. The van der Waals surface area contributed by atoms with E-state index in [1.165, 1.54) is 0 Å².